The number of para-hydroxylation sites is 1. The Hall–Kier alpha value is -8.41. The van der Waals surface area contributed by atoms with Crippen LogP contribution in [0, 0.1) is 0 Å². The van der Waals surface area contributed by atoms with Gasteiger partial charge in [-0.3, -0.25) is 0 Å². The quantitative estimate of drug-likeness (QED) is 0.174. The molecule has 0 radical (unpaired) electrons. The maximum atomic E-state index is 5.05. The van der Waals surface area contributed by atoms with Gasteiger partial charge >= 0.3 is 0 Å². The van der Waals surface area contributed by atoms with Crippen molar-refractivity contribution in [2.24, 2.45) is 0 Å². The smallest absolute Gasteiger partial charge is 0.164 e. The second-order valence-corrected chi connectivity index (χ2v) is 16.1. The van der Waals surface area contributed by atoms with Gasteiger partial charge in [0, 0.05) is 49.3 Å². The third kappa shape index (κ3) is 5.38. The Labute approximate surface area is 356 Å². The molecule has 0 amide bonds. The number of aromatic nitrogens is 5. The van der Waals surface area contributed by atoms with Gasteiger partial charge < -0.3 is 9.13 Å². The van der Waals surface area contributed by atoms with Gasteiger partial charge in [-0.2, -0.15) is 0 Å². The summed E-state index contributed by atoms with van der Waals surface area (Å²) < 4.78 is 4.91. The molecule has 0 N–H and O–H groups in total. The van der Waals surface area contributed by atoms with E-state index in [2.05, 4.69) is 161 Å². The molecule has 5 nitrogen and oxygen atoms in total. The highest BCUT2D eigenvalue weighted by Crippen LogP contribution is 2.41. The first-order valence-electron chi connectivity index (χ1n) is 21.0. The molecule has 13 rings (SSSR count). The van der Waals surface area contributed by atoms with Crippen molar-refractivity contribution in [3.63, 3.8) is 0 Å². The van der Waals surface area contributed by atoms with Crippen molar-refractivity contribution in [1.29, 1.82) is 0 Å². The van der Waals surface area contributed by atoms with E-state index in [-0.39, 0.29) is 0 Å². The van der Waals surface area contributed by atoms with E-state index in [1.165, 1.54) is 54.1 Å². The van der Waals surface area contributed by atoms with Crippen molar-refractivity contribution in [1.82, 2.24) is 24.1 Å². The molecule has 62 heavy (non-hydrogen) atoms. The Morgan fingerprint density at radius 1 is 0.258 bits per heavy atom. The number of fused-ring (bicyclic) bond motifs is 9. The van der Waals surface area contributed by atoms with Crippen LogP contribution in [0.3, 0.4) is 0 Å². The number of benzene rings is 10. The molecule has 0 saturated carbocycles. The lowest BCUT2D eigenvalue weighted by molar-refractivity contribution is 1.07. The Morgan fingerprint density at radius 2 is 0.742 bits per heavy atom. The van der Waals surface area contributed by atoms with Crippen LogP contribution in [0.15, 0.2) is 212 Å². The van der Waals surface area contributed by atoms with Gasteiger partial charge in [0.05, 0.1) is 27.8 Å². The van der Waals surface area contributed by atoms with E-state index >= 15 is 0 Å². The third-order valence-corrected chi connectivity index (χ3v) is 12.5. The van der Waals surface area contributed by atoms with Gasteiger partial charge in [-0.1, -0.05) is 158 Å². The summed E-state index contributed by atoms with van der Waals surface area (Å²) in [4.78, 5) is 15.0. The number of hydrogen-bond acceptors (Lipinski definition) is 3. The Morgan fingerprint density at radius 3 is 1.39 bits per heavy atom. The topological polar surface area (TPSA) is 48.5 Å². The van der Waals surface area contributed by atoms with E-state index in [1.807, 2.05) is 60.7 Å². The fourth-order valence-electron chi connectivity index (χ4n) is 9.56. The van der Waals surface area contributed by atoms with E-state index in [0.717, 1.165) is 49.9 Å². The number of nitrogens with zero attached hydrogens (tertiary/aromatic N) is 5. The standard InChI is InChI=1S/C57H35N5/c1-3-14-36(15-4-1)55-58-56(37-16-5-2-6-17-37)60-57(59-55)43-26-28-45-42(30-43)22-13-25-50(45)62-53-34-41-21-10-8-19-39(41)32-49(53)47-29-27-44(35-54(47)62)61-51-24-12-11-23-46(51)48-31-38-18-7-9-20-40(38)33-52(48)61/h1-35H. The van der Waals surface area contributed by atoms with Gasteiger partial charge in [-0.05, 0) is 81.5 Å². The van der Waals surface area contributed by atoms with Crippen LogP contribution in [0.4, 0.5) is 0 Å². The van der Waals surface area contributed by atoms with Crippen molar-refractivity contribution in [3.8, 4) is 45.5 Å². The molecular formula is C57H35N5. The zero-order chi connectivity index (χ0) is 40.7. The van der Waals surface area contributed by atoms with E-state index < -0.39 is 0 Å². The van der Waals surface area contributed by atoms with E-state index in [4.69, 9.17) is 15.0 Å². The first-order chi connectivity index (χ1) is 30.7. The Balaban J connectivity index is 1.04. The Bertz CT molecular complexity index is 3860. The van der Waals surface area contributed by atoms with Gasteiger partial charge in [0.15, 0.2) is 17.5 Å². The average molecular weight is 790 g/mol. The van der Waals surface area contributed by atoms with E-state index in [0.29, 0.717) is 17.5 Å². The highest BCUT2D eigenvalue weighted by Gasteiger charge is 2.20. The molecular weight excluding hydrogens is 755 g/mol. The molecule has 13 aromatic rings. The van der Waals surface area contributed by atoms with Crippen LogP contribution in [0.2, 0.25) is 0 Å². The van der Waals surface area contributed by atoms with E-state index in [9.17, 15) is 0 Å². The van der Waals surface area contributed by atoms with Gasteiger partial charge in [-0.15, -0.1) is 0 Å². The first kappa shape index (κ1) is 34.5. The number of hydrogen-bond donors (Lipinski definition) is 0. The van der Waals surface area contributed by atoms with Crippen LogP contribution in [-0.2, 0) is 0 Å². The summed E-state index contributed by atoms with van der Waals surface area (Å²) in [6.45, 7) is 0. The van der Waals surface area contributed by atoms with Crippen molar-refractivity contribution < 1.29 is 0 Å². The largest absolute Gasteiger partial charge is 0.309 e. The van der Waals surface area contributed by atoms with Crippen molar-refractivity contribution in [3.05, 3.63) is 212 Å². The predicted molar refractivity (Wildman–Crippen MR) is 257 cm³/mol. The predicted octanol–water partition coefficient (Wildman–Crippen LogP) is 14.5. The van der Waals surface area contributed by atoms with Gasteiger partial charge in [-0.25, -0.2) is 15.0 Å². The van der Waals surface area contributed by atoms with Crippen molar-refractivity contribution in [2.45, 2.75) is 0 Å². The summed E-state index contributed by atoms with van der Waals surface area (Å²) in [5.41, 5.74) is 9.75. The zero-order valence-corrected chi connectivity index (χ0v) is 33.4. The number of rotatable bonds is 5. The lowest BCUT2D eigenvalue weighted by atomic mass is 10.0. The summed E-state index contributed by atoms with van der Waals surface area (Å²) in [5, 5.41) is 12.1. The average Bonchev–Trinajstić information content (AvgIpc) is 3.83. The molecule has 288 valence electrons. The summed E-state index contributed by atoms with van der Waals surface area (Å²) in [6.07, 6.45) is 0. The first-order valence-corrected chi connectivity index (χ1v) is 21.0. The minimum atomic E-state index is 0.636. The minimum Gasteiger partial charge on any atom is -0.309 e. The molecule has 0 fully saturated rings. The van der Waals surface area contributed by atoms with Crippen LogP contribution in [-0.4, -0.2) is 24.1 Å². The highest BCUT2D eigenvalue weighted by molar-refractivity contribution is 6.16. The summed E-state index contributed by atoms with van der Waals surface area (Å²) in [5.74, 6) is 1.93. The maximum Gasteiger partial charge on any atom is 0.164 e. The van der Waals surface area contributed by atoms with Crippen LogP contribution in [0.5, 0.6) is 0 Å². The molecule has 0 bridgehead atoms. The molecule has 0 unspecified atom stereocenters. The molecule has 0 aliphatic heterocycles. The third-order valence-electron chi connectivity index (χ3n) is 12.5. The Kier molecular flexibility index (Phi) is 7.54. The van der Waals surface area contributed by atoms with Crippen LogP contribution < -0.4 is 0 Å². The molecule has 0 spiro atoms. The molecule has 10 aromatic carbocycles. The summed E-state index contributed by atoms with van der Waals surface area (Å²) >= 11 is 0. The molecule has 5 heteroatoms. The molecule has 3 aromatic heterocycles. The second-order valence-electron chi connectivity index (χ2n) is 16.1. The lowest BCUT2D eigenvalue weighted by Crippen LogP contribution is -2.00. The molecule has 0 aliphatic rings. The van der Waals surface area contributed by atoms with Gasteiger partial charge in [0.25, 0.3) is 0 Å². The minimum absolute atomic E-state index is 0.636. The molecule has 0 atom stereocenters. The van der Waals surface area contributed by atoms with Gasteiger partial charge in [0.1, 0.15) is 0 Å². The van der Waals surface area contributed by atoms with Crippen LogP contribution in [0.1, 0.15) is 0 Å². The fraction of sp³-hybridized carbons (Fsp3) is 0. The van der Waals surface area contributed by atoms with Crippen LogP contribution >= 0.6 is 0 Å². The lowest BCUT2D eigenvalue weighted by Gasteiger charge is -2.14. The summed E-state index contributed by atoms with van der Waals surface area (Å²) in [6, 6.07) is 76.0. The maximum absolute atomic E-state index is 5.05. The van der Waals surface area contributed by atoms with Crippen LogP contribution in [0.25, 0.3) is 121 Å². The second kappa shape index (κ2) is 13.6. The van der Waals surface area contributed by atoms with Crippen molar-refractivity contribution >= 4 is 75.9 Å². The molecule has 3 heterocycles. The normalized spacial score (nSPS) is 11.9. The van der Waals surface area contributed by atoms with E-state index in [1.54, 1.807) is 0 Å². The van der Waals surface area contributed by atoms with Crippen molar-refractivity contribution in [2.75, 3.05) is 0 Å². The fourth-order valence-corrected chi connectivity index (χ4v) is 9.56. The van der Waals surface area contributed by atoms with Gasteiger partial charge in [0.2, 0.25) is 0 Å². The highest BCUT2D eigenvalue weighted by atomic mass is 15.0. The summed E-state index contributed by atoms with van der Waals surface area (Å²) in [7, 11) is 0. The SMILES string of the molecule is c1ccc(-c2nc(-c3ccccc3)nc(-c3ccc4c(-n5c6cc(-n7c8ccccc8c8cc9ccccc9cc87)ccc6c6cc7ccccc7cc65)cccc4c3)n2)cc1. The zero-order valence-electron chi connectivity index (χ0n) is 33.4. The molecule has 0 saturated heterocycles. The molecule has 0 aliphatic carbocycles. The monoisotopic (exact) mass is 789 g/mol.